The van der Waals surface area contributed by atoms with E-state index in [-0.39, 0.29) is 28.6 Å². The van der Waals surface area contributed by atoms with Crippen molar-refractivity contribution < 1.29 is 17.7 Å². The van der Waals surface area contributed by atoms with E-state index in [9.17, 15) is 18.0 Å². The van der Waals surface area contributed by atoms with E-state index in [0.717, 1.165) is 17.8 Å². The van der Waals surface area contributed by atoms with E-state index in [4.69, 9.17) is 4.52 Å². The molecular weight excluding hydrogens is 407 g/mol. The smallest absolute Gasteiger partial charge is 0.353 e. The molecular formula is C18H14F3N5O2S. The van der Waals surface area contributed by atoms with Gasteiger partial charge in [0, 0.05) is 18.3 Å². The molecule has 0 aliphatic rings. The Kier molecular flexibility index (Phi) is 4.69. The number of aromatic nitrogens is 5. The number of fused-ring (bicyclic) bond motifs is 1. The second-order valence-electron chi connectivity index (χ2n) is 6.35. The molecule has 0 aliphatic heterocycles. The van der Waals surface area contributed by atoms with Crippen LogP contribution >= 0.6 is 11.8 Å². The molecule has 3 aromatic heterocycles. The first-order chi connectivity index (χ1) is 13.7. The molecule has 0 saturated heterocycles. The summed E-state index contributed by atoms with van der Waals surface area (Å²) >= 11 is 1.22. The molecule has 1 aromatic carbocycles. The van der Waals surface area contributed by atoms with Crippen molar-refractivity contribution >= 4 is 22.8 Å². The van der Waals surface area contributed by atoms with Gasteiger partial charge < -0.3 is 9.51 Å². The monoisotopic (exact) mass is 421 g/mol. The summed E-state index contributed by atoms with van der Waals surface area (Å²) in [5.41, 5.74) is 1.03. The maximum Gasteiger partial charge on any atom is 0.416 e. The zero-order valence-corrected chi connectivity index (χ0v) is 16.1. The molecule has 29 heavy (non-hydrogen) atoms. The number of nitrogens with zero attached hydrogens (tertiary/aromatic N) is 4. The Morgan fingerprint density at radius 1 is 1.24 bits per heavy atom. The Labute approximate surface area is 166 Å². The molecule has 150 valence electrons. The summed E-state index contributed by atoms with van der Waals surface area (Å²) in [5.74, 6) is 0.480. The number of rotatable bonds is 4. The molecule has 0 fully saturated rings. The van der Waals surface area contributed by atoms with Gasteiger partial charge in [-0.25, -0.2) is 4.98 Å². The van der Waals surface area contributed by atoms with Gasteiger partial charge in [0.05, 0.1) is 16.8 Å². The number of thioether (sulfide) groups is 1. The summed E-state index contributed by atoms with van der Waals surface area (Å²) in [5, 5.41) is 4.21. The molecule has 1 N–H and O–H groups in total. The molecule has 0 radical (unpaired) electrons. The van der Waals surface area contributed by atoms with Gasteiger partial charge in [0.1, 0.15) is 5.52 Å². The minimum absolute atomic E-state index is 0.0604. The lowest BCUT2D eigenvalue weighted by Gasteiger charge is -2.06. The van der Waals surface area contributed by atoms with Gasteiger partial charge in [-0.2, -0.15) is 18.2 Å². The highest BCUT2D eigenvalue weighted by Gasteiger charge is 2.30. The predicted octanol–water partition coefficient (Wildman–Crippen LogP) is 3.93. The summed E-state index contributed by atoms with van der Waals surface area (Å²) in [7, 11) is 1.61. The lowest BCUT2D eigenvalue weighted by molar-refractivity contribution is -0.137. The van der Waals surface area contributed by atoms with Crippen molar-refractivity contribution in [3.05, 3.63) is 57.8 Å². The molecule has 0 bridgehead atoms. The van der Waals surface area contributed by atoms with Crippen LogP contribution in [0.15, 0.2) is 44.8 Å². The fourth-order valence-electron chi connectivity index (χ4n) is 2.78. The van der Waals surface area contributed by atoms with E-state index in [2.05, 4.69) is 20.1 Å². The maximum atomic E-state index is 12.9. The minimum Gasteiger partial charge on any atom is -0.353 e. The number of alkyl halides is 3. The van der Waals surface area contributed by atoms with Gasteiger partial charge in [-0.1, -0.05) is 29.1 Å². The topological polar surface area (TPSA) is 89.6 Å². The summed E-state index contributed by atoms with van der Waals surface area (Å²) in [6.07, 6.45) is -4.45. The highest BCUT2D eigenvalue weighted by molar-refractivity contribution is 7.98. The summed E-state index contributed by atoms with van der Waals surface area (Å²) in [6.45, 7) is 1.84. The van der Waals surface area contributed by atoms with Gasteiger partial charge in [0.15, 0.2) is 5.16 Å². The van der Waals surface area contributed by atoms with Crippen molar-refractivity contribution in [1.29, 1.82) is 0 Å². The second-order valence-corrected chi connectivity index (χ2v) is 7.29. The van der Waals surface area contributed by atoms with E-state index in [0.29, 0.717) is 16.2 Å². The first kappa shape index (κ1) is 19.2. The van der Waals surface area contributed by atoms with Gasteiger partial charge in [0.2, 0.25) is 11.7 Å². The first-order valence-electron chi connectivity index (χ1n) is 8.42. The van der Waals surface area contributed by atoms with Crippen molar-refractivity contribution in [2.24, 2.45) is 7.05 Å². The van der Waals surface area contributed by atoms with Crippen LogP contribution in [0, 0.1) is 6.92 Å². The Bertz CT molecular complexity index is 1260. The fourth-order valence-corrected chi connectivity index (χ4v) is 3.59. The number of benzene rings is 1. The van der Waals surface area contributed by atoms with Gasteiger partial charge in [0.25, 0.3) is 5.56 Å². The van der Waals surface area contributed by atoms with Crippen LogP contribution in [0.2, 0.25) is 0 Å². The van der Waals surface area contributed by atoms with Crippen LogP contribution in [0.25, 0.3) is 22.4 Å². The molecule has 0 unspecified atom stereocenters. The van der Waals surface area contributed by atoms with Crippen molar-refractivity contribution in [2.75, 3.05) is 0 Å². The van der Waals surface area contributed by atoms with Gasteiger partial charge >= 0.3 is 6.18 Å². The molecule has 0 atom stereocenters. The quantitative estimate of drug-likeness (QED) is 0.397. The van der Waals surface area contributed by atoms with Crippen LogP contribution in [-0.4, -0.2) is 24.7 Å². The third-order valence-electron chi connectivity index (χ3n) is 4.19. The number of hydrogen-bond donors (Lipinski definition) is 1. The SMILES string of the molecule is Cc1cc2nc(SCc3nc(-c4cccc(C(F)(F)F)c4)no3)n(C)c(=O)c2[nH]1. The summed E-state index contributed by atoms with van der Waals surface area (Å²) in [6, 6.07) is 6.49. The van der Waals surface area contributed by atoms with Gasteiger partial charge in [-0.15, -0.1) is 0 Å². The van der Waals surface area contributed by atoms with Gasteiger partial charge in [-0.05, 0) is 25.1 Å². The van der Waals surface area contributed by atoms with E-state index in [1.807, 2.05) is 6.92 Å². The highest BCUT2D eigenvalue weighted by atomic mass is 32.2. The van der Waals surface area contributed by atoms with Gasteiger partial charge in [-0.3, -0.25) is 9.36 Å². The predicted molar refractivity (Wildman–Crippen MR) is 100 cm³/mol. The lowest BCUT2D eigenvalue weighted by atomic mass is 10.1. The number of H-pyrrole nitrogens is 1. The van der Waals surface area contributed by atoms with E-state index < -0.39 is 11.7 Å². The van der Waals surface area contributed by atoms with Crippen LogP contribution in [-0.2, 0) is 19.0 Å². The summed E-state index contributed by atoms with van der Waals surface area (Å²) < 4.78 is 45.2. The number of aromatic amines is 1. The maximum absolute atomic E-state index is 12.9. The lowest BCUT2D eigenvalue weighted by Crippen LogP contribution is -2.19. The molecule has 11 heteroatoms. The van der Waals surface area contributed by atoms with Crippen molar-refractivity contribution in [1.82, 2.24) is 24.7 Å². The third kappa shape index (κ3) is 3.77. The van der Waals surface area contributed by atoms with E-state index >= 15 is 0 Å². The Morgan fingerprint density at radius 3 is 2.79 bits per heavy atom. The Hall–Kier alpha value is -3.08. The standard InChI is InChI=1S/C18H14F3N5O2S/c1-9-6-12-14(22-9)16(27)26(2)17(23-12)29-8-13-24-15(25-28-13)10-4-3-5-11(7-10)18(19,20)21/h3-7,22H,8H2,1-2H3. The number of aryl methyl sites for hydroxylation is 1. The zero-order valence-electron chi connectivity index (χ0n) is 15.2. The molecule has 4 aromatic rings. The minimum atomic E-state index is -4.45. The van der Waals surface area contributed by atoms with Crippen molar-refractivity contribution in [2.45, 2.75) is 24.0 Å². The molecule has 0 amide bonds. The fraction of sp³-hybridized carbons (Fsp3) is 0.222. The molecule has 3 heterocycles. The van der Waals surface area contributed by atoms with Crippen LogP contribution in [0.4, 0.5) is 13.2 Å². The molecule has 0 spiro atoms. The van der Waals surface area contributed by atoms with Crippen LogP contribution < -0.4 is 5.56 Å². The molecule has 0 saturated carbocycles. The normalized spacial score (nSPS) is 12.0. The van der Waals surface area contributed by atoms with Crippen molar-refractivity contribution in [3.63, 3.8) is 0 Å². The largest absolute Gasteiger partial charge is 0.416 e. The van der Waals surface area contributed by atoms with E-state index in [1.165, 1.54) is 28.5 Å². The zero-order chi connectivity index (χ0) is 20.8. The molecule has 7 nitrogen and oxygen atoms in total. The van der Waals surface area contributed by atoms with Crippen LogP contribution in [0.5, 0.6) is 0 Å². The van der Waals surface area contributed by atoms with Crippen LogP contribution in [0.3, 0.4) is 0 Å². The van der Waals surface area contributed by atoms with Crippen molar-refractivity contribution in [3.8, 4) is 11.4 Å². The average molecular weight is 421 g/mol. The molecule has 4 rings (SSSR count). The average Bonchev–Trinajstić information content (AvgIpc) is 3.29. The second kappa shape index (κ2) is 7.07. The third-order valence-corrected chi connectivity index (χ3v) is 5.21. The molecule has 0 aliphatic carbocycles. The Balaban J connectivity index is 1.56. The summed E-state index contributed by atoms with van der Waals surface area (Å²) in [4.78, 5) is 24.0. The highest BCUT2D eigenvalue weighted by Crippen LogP contribution is 2.31. The Morgan fingerprint density at radius 2 is 2.03 bits per heavy atom. The number of hydrogen-bond acceptors (Lipinski definition) is 6. The first-order valence-corrected chi connectivity index (χ1v) is 9.40. The van der Waals surface area contributed by atoms with Crippen LogP contribution in [0.1, 0.15) is 17.1 Å². The number of nitrogens with one attached hydrogen (secondary N) is 1. The van der Waals surface area contributed by atoms with E-state index in [1.54, 1.807) is 13.1 Å². The number of halogens is 3.